The molecular formula is C10H8ClNO2S. The molecule has 0 aliphatic carbocycles. The Bertz CT molecular complexity index is 433. The maximum atomic E-state index is 11.3. The molecule has 1 aromatic rings. The number of amides is 1. The van der Waals surface area contributed by atoms with Crippen molar-refractivity contribution >= 4 is 40.1 Å². The molecule has 15 heavy (non-hydrogen) atoms. The Hall–Kier alpha value is -1.00. The Kier molecular flexibility index (Phi) is 2.98. The number of nitrogens with one attached hydrogen (secondary N) is 1. The van der Waals surface area contributed by atoms with Crippen LogP contribution in [0, 0.1) is 0 Å². The molecule has 1 amide bonds. The van der Waals surface area contributed by atoms with Crippen molar-refractivity contribution in [1.82, 2.24) is 0 Å². The third-order valence-electron chi connectivity index (χ3n) is 2.14. The highest BCUT2D eigenvalue weighted by Gasteiger charge is 2.16. The molecule has 3 nitrogen and oxygen atoms in total. The predicted molar refractivity (Wildman–Crippen MR) is 61.8 cm³/mol. The maximum absolute atomic E-state index is 11.3. The largest absolute Gasteiger partial charge is 0.317 e. The van der Waals surface area contributed by atoms with Gasteiger partial charge in [-0.3, -0.25) is 9.59 Å². The standard InChI is InChI=1S/C10H8ClNO2S/c11-4-9(13)6-1-2-8-7(3-6)5-15-10(14)12-8/h1-3H,4-5H2,(H,12,14). The number of hydrogen-bond acceptors (Lipinski definition) is 3. The molecule has 0 saturated carbocycles. The summed E-state index contributed by atoms with van der Waals surface area (Å²) in [6.07, 6.45) is 0. The summed E-state index contributed by atoms with van der Waals surface area (Å²) >= 11 is 6.66. The van der Waals surface area contributed by atoms with Gasteiger partial charge in [0.25, 0.3) is 5.24 Å². The lowest BCUT2D eigenvalue weighted by atomic mass is 10.1. The zero-order valence-corrected chi connectivity index (χ0v) is 9.32. The Morgan fingerprint density at radius 1 is 1.53 bits per heavy atom. The minimum atomic E-state index is -0.0960. The van der Waals surface area contributed by atoms with Crippen LogP contribution < -0.4 is 5.32 Å². The summed E-state index contributed by atoms with van der Waals surface area (Å²) in [6.45, 7) is 0. The Morgan fingerprint density at radius 3 is 3.07 bits per heavy atom. The molecule has 1 aromatic carbocycles. The number of hydrogen-bond donors (Lipinski definition) is 1. The number of carbonyl (C=O) groups excluding carboxylic acids is 2. The van der Waals surface area contributed by atoms with Gasteiger partial charge in [-0.15, -0.1) is 11.6 Å². The fourth-order valence-electron chi connectivity index (χ4n) is 1.38. The second-order valence-corrected chi connectivity index (χ2v) is 4.35. The van der Waals surface area contributed by atoms with Crippen molar-refractivity contribution in [2.45, 2.75) is 5.75 Å². The highest BCUT2D eigenvalue weighted by molar-refractivity contribution is 8.13. The predicted octanol–water partition coefficient (Wildman–Crippen LogP) is 2.89. The smallest absolute Gasteiger partial charge is 0.283 e. The number of thioether (sulfide) groups is 1. The molecule has 1 heterocycles. The number of fused-ring (bicyclic) bond motifs is 1. The molecule has 0 unspecified atom stereocenters. The average molecular weight is 242 g/mol. The molecule has 1 aliphatic heterocycles. The van der Waals surface area contributed by atoms with Crippen LogP contribution in [0.25, 0.3) is 0 Å². The first kappa shape index (κ1) is 10.5. The Balaban J connectivity index is 2.34. The summed E-state index contributed by atoms with van der Waals surface area (Å²) in [5.74, 6) is 0.490. The first-order valence-electron chi connectivity index (χ1n) is 4.36. The second kappa shape index (κ2) is 4.24. The molecule has 1 aliphatic rings. The summed E-state index contributed by atoms with van der Waals surface area (Å²) < 4.78 is 0. The van der Waals surface area contributed by atoms with Crippen LogP contribution in [0.5, 0.6) is 0 Å². The second-order valence-electron chi connectivity index (χ2n) is 3.13. The highest BCUT2D eigenvalue weighted by Crippen LogP contribution is 2.29. The highest BCUT2D eigenvalue weighted by atomic mass is 35.5. The van der Waals surface area contributed by atoms with Crippen molar-refractivity contribution in [3.63, 3.8) is 0 Å². The summed E-state index contributed by atoms with van der Waals surface area (Å²) in [4.78, 5) is 22.4. The first-order valence-corrected chi connectivity index (χ1v) is 5.88. The normalized spacial score (nSPS) is 14.3. The molecule has 0 atom stereocenters. The SMILES string of the molecule is O=C1Nc2ccc(C(=O)CCl)cc2CS1. The number of anilines is 1. The molecule has 0 fully saturated rings. The van der Waals surface area contributed by atoms with Gasteiger partial charge in [0.2, 0.25) is 0 Å². The van der Waals surface area contributed by atoms with Gasteiger partial charge in [-0.2, -0.15) is 0 Å². The van der Waals surface area contributed by atoms with Crippen LogP contribution in [0.15, 0.2) is 18.2 Å². The monoisotopic (exact) mass is 241 g/mol. The zero-order valence-electron chi connectivity index (χ0n) is 7.75. The van der Waals surface area contributed by atoms with Gasteiger partial charge in [0.1, 0.15) is 0 Å². The van der Waals surface area contributed by atoms with E-state index >= 15 is 0 Å². The number of ketones is 1. The van der Waals surface area contributed by atoms with Crippen molar-refractivity contribution in [1.29, 1.82) is 0 Å². The van der Waals surface area contributed by atoms with Gasteiger partial charge in [-0.1, -0.05) is 11.8 Å². The van der Waals surface area contributed by atoms with E-state index in [4.69, 9.17) is 11.6 Å². The molecule has 2 rings (SSSR count). The molecule has 5 heteroatoms. The number of carbonyl (C=O) groups is 2. The van der Waals surface area contributed by atoms with Crippen LogP contribution in [0.1, 0.15) is 15.9 Å². The van der Waals surface area contributed by atoms with Gasteiger partial charge >= 0.3 is 0 Å². The van der Waals surface area contributed by atoms with Crippen molar-refractivity contribution in [2.24, 2.45) is 0 Å². The summed E-state index contributed by atoms with van der Waals surface area (Å²) in [5.41, 5.74) is 2.35. The maximum Gasteiger partial charge on any atom is 0.283 e. The lowest BCUT2D eigenvalue weighted by Gasteiger charge is -2.16. The van der Waals surface area contributed by atoms with Gasteiger partial charge in [0.05, 0.1) is 5.88 Å². The van der Waals surface area contributed by atoms with Crippen LogP contribution in [-0.2, 0) is 5.75 Å². The Morgan fingerprint density at radius 2 is 2.33 bits per heavy atom. The van der Waals surface area contributed by atoms with Crippen LogP contribution in [0.3, 0.4) is 0 Å². The topological polar surface area (TPSA) is 46.2 Å². The molecule has 0 bridgehead atoms. The molecule has 0 aromatic heterocycles. The van der Waals surface area contributed by atoms with Crippen molar-refractivity contribution in [2.75, 3.05) is 11.2 Å². The average Bonchev–Trinajstić information content (AvgIpc) is 2.27. The minimum Gasteiger partial charge on any atom is -0.317 e. The molecule has 0 radical (unpaired) electrons. The molecular weight excluding hydrogens is 234 g/mol. The molecule has 0 saturated heterocycles. The van der Waals surface area contributed by atoms with E-state index in [1.807, 2.05) is 0 Å². The third-order valence-corrected chi connectivity index (χ3v) is 3.21. The van der Waals surface area contributed by atoms with Gasteiger partial charge in [-0.25, -0.2) is 0 Å². The van der Waals surface area contributed by atoms with Gasteiger partial charge in [0.15, 0.2) is 5.78 Å². The van der Waals surface area contributed by atoms with Crippen LogP contribution in [-0.4, -0.2) is 16.9 Å². The number of alkyl halides is 1. The molecule has 1 N–H and O–H groups in total. The van der Waals surface area contributed by atoms with Crippen molar-refractivity contribution in [3.8, 4) is 0 Å². The van der Waals surface area contributed by atoms with Crippen molar-refractivity contribution in [3.05, 3.63) is 29.3 Å². The van der Waals surface area contributed by atoms with Crippen LogP contribution in [0.4, 0.5) is 10.5 Å². The minimum absolute atomic E-state index is 0.0156. The summed E-state index contributed by atoms with van der Waals surface area (Å²) in [5, 5.41) is 2.67. The number of rotatable bonds is 2. The van der Waals surface area contributed by atoms with E-state index in [0.29, 0.717) is 11.3 Å². The van der Waals surface area contributed by atoms with Crippen LogP contribution >= 0.6 is 23.4 Å². The van der Waals surface area contributed by atoms with E-state index in [1.165, 1.54) is 11.8 Å². The third kappa shape index (κ3) is 2.16. The van der Waals surface area contributed by atoms with E-state index in [-0.39, 0.29) is 16.9 Å². The van der Waals surface area contributed by atoms with Gasteiger partial charge in [-0.05, 0) is 23.8 Å². The number of benzene rings is 1. The Labute approximate surface area is 96.2 Å². The lowest BCUT2D eigenvalue weighted by Crippen LogP contribution is -2.13. The van der Waals surface area contributed by atoms with E-state index < -0.39 is 0 Å². The number of Topliss-reactive ketones (excluding diaryl/α,β-unsaturated/α-hetero) is 1. The van der Waals surface area contributed by atoms with E-state index in [0.717, 1.165) is 11.3 Å². The van der Waals surface area contributed by atoms with Gasteiger partial charge in [0, 0.05) is 17.0 Å². The molecule has 78 valence electrons. The zero-order chi connectivity index (χ0) is 10.8. The first-order chi connectivity index (χ1) is 7.20. The van der Waals surface area contributed by atoms with E-state index in [2.05, 4.69) is 5.32 Å². The van der Waals surface area contributed by atoms with E-state index in [9.17, 15) is 9.59 Å². The van der Waals surface area contributed by atoms with Crippen molar-refractivity contribution < 1.29 is 9.59 Å². The van der Waals surface area contributed by atoms with Crippen LogP contribution in [0.2, 0.25) is 0 Å². The number of halogens is 1. The fraction of sp³-hybridized carbons (Fsp3) is 0.200. The summed E-state index contributed by atoms with van der Waals surface area (Å²) in [6, 6.07) is 5.21. The fourth-order valence-corrected chi connectivity index (χ4v) is 2.24. The quantitative estimate of drug-likeness (QED) is 0.640. The van der Waals surface area contributed by atoms with E-state index in [1.54, 1.807) is 18.2 Å². The van der Waals surface area contributed by atoms with Gasteiger partial charge < -0.3 is 5.32 Å². The molecule has 0 spiro atoms. The lowest BCUT2D eigenvalue weighted by molar-refractivity contribution is 0.102. The summed E-state index contributed by atoms with van der Waals surface area (Å²) in [7, 11) is 0.